The first-order valence-corrected chi connectivity index (χ1v) is 6.57. The molecule has 0 saturated heterocycles. The molecule has 0 bridgehead atoms. The van der Waals surface area contributed by atoms with E-state index in [0.29, 0.717) is 0 Å². The van der Waals surface area contributed by atoms with E-state index in [1.165, 1.54) is 56.9 Å². The standard InChI is InChI=1S/C14H28O/c1-3-4-5-6-7-8-9-10-11-14(2)12-13-15/h12,15H,3-11,13H2,1-2H3. The molecule has 0 aliphatic carbocycles. The predicted molar refractivity (Wildman–Crippen MR) is 68.1 cm³/mol. The summed E-state index contributed by atoms with van der Waals surface area (Å²) in [7, 11) is 0. The van der Waals surface area contributed by atoms with Crippen LogP contribution in [0.2, 0.25) is 0 Å². The summed E-state index contributed by atoms with van der Waals surface area (Å²) < 4.78 is 0. The summed E-state index contributed by atoms with van der Waals surface area (Å²) in [5.41, 5.74) is 1.34. The Bertz CT molecular complexity index is 149. The van der Waals surface area contributed by atoms with Crippen molar-refractivity contribution in [1.82, 2.24) is 0 Å². The average Bonchev–Trinajstić information content (AvgIpc) is 2.22. The van der Waals surface area contributed by atoms with Gasteiger partial charge in [-0.1, -0.05) is 63.5 Å². The van der Waals surface area contributed by atoms with Crippen molar-refractivity contribution >= 4 is 0 Å². The highest BCUT2D eigenvalue weighted by molar-refractivity contribution is 4.97. The average molecular weight is 212 g/mol. The molecule has 90 valence electrons. The van der Waals surface area contributed by atoms with Crippen LogP contribution in [0, 0.1) is 0 Å². The first kappa shape index (κ1) is 14.7. The van der Waals surface area contributed by atoms with Crippen molar-refractivity contribution < 1.29 is 5.11 Å². The molecule has 15 heavy (non-hydrogen) atoms. The van der Waals surface area contributed by atoms with Crippen LogP contribution >= 0.6 is 0 Å². The molecule has 1 heteroatoms. The van der Waals surface area contributed by atoms with Crippen LogP contribution in [0.15, 0.2) is 11.6 Å². The second kappa shape index (κ2) is 11.8. The van der Waals surface area contributed by atoms with Crippen LogP contribution in [-0.2, 0) is 0 Å². The van der Waals surface area contributed by atoms with E-state index in [2.05, 4.69) is 13.8 Å². The summed E-state index contributed by atoms with van der Waals surface area (Å²) in [4.78, 5) is 0. The fraction of sp³-hybridized carbons (Fsp3) is 0.857. The third kappa shape index (κ3) is 11.6. The summed E-state index contributed by atoms with van der Waals surface area (Å²) >= 11 is 0. The quantitative estimate of drug-likeness (QED) is 0.419. The molecule has 0 aromatic heterocycles. The predicted octanol–water partition coefficient (Wildman–Crippen LogP) is 4.46. The monoisotopic (exact) mass is 212 g/mol. The number of hydrogen-bond acceptors (Lipinski definition) is 1. The molecular weight excluding hydrogens is 184 g/mol. The lowest BCUT2D eigenvalue weighted by molar-refractivity contribution is 0.341. The van der Waals surface area contributed by atoms with Gasteiger partial charge in [0.2, 0.25) is 0 Å². The number of unbranched alkanes of at least 4 members (excludes halogenated alkanes) is 7. The molecule has 0 aliphatic rings. The molecule has 1 nitrogen and oxygen atoms in total. The maximum atomic E-state index is 8.68. The first-order valence-electron chi connectivity index (χ1n) is 6.57. The van der Waals surface area contributed by atoms with E-state index in [0.717, 1.165) is 6.42 Å². The number of rotatable bonds is 10. The molecule has 0 aromatic carbocycles. The molecule has 0 unspecified atom stereocenters. The highest BCUT2D eigenvalue weighted by atomic mass is 16.2. The second-order valence-electron chi connectivity index (χ2n) is 4.46. The lowest BCUT2D eigenvalue weighted by Crippen LogP contribution is -1.84. The van der Waals surface area contributed by atoms with Gasteiger partial charge < -0.3 is 5.11 Å². The lowest BCUT2D eigenvalue weighted by Gasteiger charge is -2.02. The van der Waals surface area contributed by atoms with Gasteiger partial charge >= 0.3 is 0 Å². The van der Waals surface area contributed by atoms with Crippen LogP contribution in [0.3, 0.4) is 0 Å². The molecule has 0 radical (unpaired) electrons. The molecule has 0 saturated carbocycles. The number of aliphatic hydroxyl groups is 1. The van der Waals surface area contributed by atoms with Crippen molar-refractivity contribution in [3.05, 3.63) is 11.6 Å². The van der Waals surface area contributed by atoms with Gasteiger partial charge in [-0.25, -0.2) is 0 Å². The number of allylic oxidation sites excluding steroid dienone is 1. The van der Waals surface area contributed by atoms with Gasteiger partial charge in [-0.2, -0.15) is 0 Å². The topological polar surface area (TPSA) is 20.2 Å². The Morgan fingerprint density at radius 2 is 1.47 bits per heavy atom. The van der Waals surface area contributed by atoms with E-state index < -0.39 is 0 Å². The minimum absolute atomic E-state index is 0.197. The largest absolute Gasteiger partial charge is 0.392 e. The normalized spacial score (nSPS) is 12.1. The number of aliphatic hydroxyl groups excluding tert-OH is 1. The lowest BCUT2D eigenvalue weighted by atomic mass is 10.0. The van der Waals surface area contributed by atoms with Crippen LogP contribution in [0.25, 0.3) is 0 Å². The van der Waals surface area contributed by atoms with Crippen LogP contribution in [-0.4, -0.2) is 11.7 Å². The second-order valence-corrected chi connectivity index (χ2v) is 4.46. The zero-order chi connectivity index (χ0) is 11.4. The van der Waals surface area contributed by atoms with E-state index in [1.807, 2.05) is 6.08 Å². The fourth-order valence-corrected chi connectivity index (χ4v) is 1.80. The Kier molecular flexibility index (Phi) is 11.5. The van der Waals surface area contributed by atoms with Gasteiger partial charge in [-0.3, -0.25) is 0 Å². The van der Waals surface area contributed by atoms with Crippen LogP contribution < -0.4 is 0 Å². The zero-order valence-electron chi connectivity index (χ0n) is 10.6. The summed E-state index contributed by atoms with van der Waals surface area (Å²) in [6.07, 6.45) is 14.1. The molecule has 0 rings (SSSR count). The molecule has 1 N–H and O–H groups in total. The van der Waals surface area contributed by atoms with Crippen LogP contribution in [0.4, 0.5) is 0 Å². The van der Waals surface area contributed by atoms with Crippen LogP contribution in [0.1, 0.15) is 71.6 Å². The van der Waals surface area contributed by atoms with Gasteiger partial charge in [0, 0.05) is 0 Å². The number of hydrogen-bond donors (Lipinski definition) is 1. The van der Waals surface area contributed by atoms with Crippen molar-refractivity contribution in [2.75, 3.05) is 6.61 Å². The van der Waals surface area contributed by atoms with Gasteiger partial charge in [-0.05, 0) is 19.8 Å². The smallest absolute Gasteiger partial charge is 0.0614 e. The summed E-state index contributed by atoms with van der Waals surface area (Å²) in [5.74, 6) is 0. The van der Waals surface area contributed by atoms with E-state index in [-0.39, 0.29) is 6.61 Å². The van der Waals surface area contributed by atoms with Crippen LogP contribution in [0.5, 0.6) is 0 Å². The van der Waals surface area contributed by atoms with Crippen molar-refractivity contribution in [2.24, 2.45) is 0 Å². The van der Waals surface area contributed by atoms with Gasteiger partial charge in [0.15, 0.2) is 0 Å². The van der Waals surface area contributed by atoms with E-state index in [1.54, 1.807) is 0 Å². The fourth-order valence-electron chi connectivity index (χ4n) is 1.80. The molecule has 0 spiro atoms. The molecule has 0 heterocycles. The SMILES string of the molecule is CCCCCCCCCCC(C)=CCO. The minimum atomic E-state index is 0.197. The van der Waals surface area contributed by atoms with Crippen molar-refractivity contribution in [3.8, 4) is 0 Å². The third-order valence-electron chi connectivity index (χ3n) is 2.86. The van der Waals surface area contributed by atoms with Gasteiger partial charge in [-0.15, -0.1) is 0 Å². The van der Waals surface area contributed by atoms with Gasteiger partial charge in [0.25, 0.3) is 0 Å². The minimum Gasteiger partial charge on any atom is -0.392 e. The molecule has 0 aromatic rings. The molecule has 0 aliphatic heterocycles. The molecule has 0 amide bonds. The van der Waals surface area contributed by atoms with E-state index in [9.17, 15) is 0 Å². The molecular formula is C14H28O. The maximum Gasteiger partial charge on any atom is 0.0614 e. The van der Waals surface area contributed by atoms with E-state index in [4.69, 9.17) is 5.11 Å². The Morgan fingerprint density at radius 1 is 0.933 bits per heavy atom. The van der Waals surface area contributed by atoms with Crippen molar-refractivity contribution in [2.45, 2.75) is 71.6 Å². The maximum absolute atomic E-state index is 8.68. The van der Waals surface area contributed by atoms with Crippen molar-refractivity contribution in [3.63, 3.8) is 0 Å². The zero-order valence-corrected chi connectivity index (χ0v) is 10.6. The highest BCUT2D eigenvalue weighted by Crippen LogP contribution is 2.12. The molecule has 0 atom stereocenters. The van der Waals surface area contributed by atoms with E-state index >= 15 is 0 Å². The van der Waals surface area contributed by atoms with Gasteiger partial charge in [0.05, 0.1) is 6.61 Å². The Hall–Kier alpha value is -0.300. The highest BCUT2D eigenvalue weighted by Gasteiger charge is 1.92. The summed E-state index contributed by atoms with van der Waals surface area (Å²) in [6.45, 7) is 4.57. The third-order valence-corrected chi connectivity index (χ3v) is 2.86. The first-order chi connectivity index (χ1) is 7.31. The van der Waals surface area contributed by atoms with Crippen molar-refractivity contribution in [1.29, 1.82) is 0 Å². The summed E-state index contributed by atoms with van der Waals surface area (Å²) in [5, 5.41) is 8.68. The Morgan fingerprint density at radius 3 is 2.00 bits per heavy atom. The molecule has 0 fully saturated rings. The van der Waals surface area contributed by atoms with Gasteiger partial charge in [0.1, 0.15) is 0 Å². The summed E-state index contributed by atoms with van der Waals surface area (Å²) in [6, 6.07) is 0. The Labute approximate surface area is 95.6 Å². The Balaban J connectivity index is 3.08.